The third-order valence-electron chi connectivity index (χ3n) is 5.03. The van der Waals surface area contributed by atoms with Crippen LogP contribution >= 0.6 is 35.2 Å². The molecule has 0 saturated heterocycles. The van der Waals surface area contributed by atoms with Gasteiger partial charge in [-0.1, -0.05) is 49.1 Å². The topological polar surface area (TPSA) is 78.4 Å². The average molecular weight is 425 g/mol. The Morgan fingerprint density at radius 1 is 1.22 bits per heavy atom. The molecule has 3 rings (SSSR count). The number of thiophene rings is 1. The van der Waals surface area contributed by atoms with Gasteiger partial charge in [-0.3, -0.25) is 14.9 Å². The van der Waals surface area contributed by atoms with Crippen molar-refractivity contribution in [2.24, 2.45) is 5.41 Å². The third-order valence-corrected chi connectivity index (χ3v) is 6.95. The van der Waals surface area contributed by atoms with Gasteiger partial charge in [-0.25, -0.2) is 0 Å². The maximum atomic E-state index is 12.5. The first-order valence-corrected chi connectivity index (χ1v) is 10.5. The summed E-state index contributed by atoms with van der Waals surface area (Å²) in [5.74, 6) is -1.15. The second-order valence-corrected chi connectivity index (χ2v) is 8.85. The van der Waals surface area contributed by atoms with Gasteiger partial charge < -0.3 is 10.4 Å². The van der Waals surface area contributed by atoms with Crippen molar-refractivity contribution in [2.75, 3.05) is 6.54 Å². The molecular formula is C19H21ClN2O3S2. The van der Waals surface area contributed by atoms with Gasteiger partial charge in [0, 0.05) is 16.6 Å². The number of benzene rings is 1. The number of thiocarbonyl (C=S) groups is 1. The number of carboxylic acid groups (broad SMARTS) is 1. The average Bonchev–Trinajstić information content (AvgIpc) is 2.98. The van der Waals surface area contributed by atoms with Gasteiger partial charge in [0.1, 0.15) is 4.88 Å². The SMILES string of the molecule is O=C(O)CC1(CNC(=S)NC(=O)c2sc3ccccc3c2Cl)CCCCC1. The van der Waals surface area contributed by atoms with Crippen LogP contribution < -0.4 is 10.6 Å². The molecule has 1 aromatic carbocycles. The summed E-state index contributed by atoms with van der Waals surface area (Å²) in [6, 6.07) is 7.56. The number of fused-ring (bicyclic) bond motifs is 1. The Balaban J connectivity index is 1.63. The molecule has 3 N–H and O–H groups in total. The highest BCUT2D eigenvalue weighted by molar-refractivity contribution is 7.80. The van der Waals surface area contributed by atoms with Crippen molar-refractivity contribution < 1.29 is 14.7 Å². The van der Waals surface area contributed by atoms with E-state index >= 15 is 0 Å². The summed E-state index contributed by atoms with van der Waals surface area (Å²) in [6.07, 6.45) is 4.98. The smallest absolute Gasteiger partial charge is 0.303 e. The molecule has 1 aliphatic carbocycles. The highest BCUT2D eigenvalue weighted by Gasteiger charge is 2.34. The molecule has 8 heteroatoms. The maximum Gasteiger partial charge on any atom is 0.303 e. The molecule has 1 aliphatic rings. The van der Waals surface area contributed by atoms with Crippen LogP contribution in [0.2, 0.25) is 5.02 Å². The normalized spacial score (nSPS) is 16.0. The van der Waals surface area contributed by atoms with Crippen LogP contribution in [0.15, 0.2) is 24.3 Å². The lowest BCUT2D eigenvalue weighted by Gasteiger charge is -2.36. The Morgan fingerprint density at radius 2 is 1.93 bits per heavy atom. The standard InChI is InChI=1S/C19H21ClN2O3S2/c20-15-12-6-2-3-7-13(12)27-16(15)17(25)22-18(26)21-11-19(10-14(23)24)8-4-1-5-9-19/h2-3,6-7H,1,4-5,8-11H2,(H,23,24)(H2,21,22,25,26). The molecule has 0 aliphatic heterocycles. The minimum absolute atomic E-state index is 0.110. The van der Waals surface area contributed by atoms with E-state index in [0.717, 1.165) is 42.2 Å². The van der Waals surface area contributed by atoms with Crippen LogP contribution in [-0.2, 0) is 4.79 Å². The summed E-state index contributed by atoms with van der Waals surface area (Å²) in [5, 5.41) is 16.4. The molecule has 1 saturated carbocycles. The molecule has 2 aromatic rings. The highest BCUT2D eigenvalue weighted by atomic mass is 35.5. The number of carbonyl (C=O) groups is 2. The molecule has 1 aromatic heterocycles. The van der Waals surface area contributed by atoms with Crippen molar-refractivity contribution in [1.82, 2.24) is 10.6 Å². The zero-order valence-corrected chi connectivity index (χ0v) is 17.1. The van der Waals surface area contributed by atoms with E-state index in [4.69, 9.17) is 23.8 Å². The minimum Gasteiger partial charge on any atom is -0.481 e. The van der Waals surface area contributed by atoms with Crippen LogP contribution in [0.25, 0.3) is 10.1 Å². The molecule has 0 spiro atoms. The first kappa shape index (κ1) is 20.0. The van der Waals surface area contributed by atoms with Gasteiger partial charge in [0.05, 0.1) is 11.4 Å². The minimum atomic E-state index is -0.800. The Hall–Kier alpha value is -1.70. The summed E-state index contributed by atoms with van der Waals surface area (Å²) in [4.78, 5) is 24.2. The van der Waals surface area contributed by atoms with E-state index in [2.05, 4.69) is 10.6 Å². The van der Waals surface area contributed by atoms with Gasteiger partial charge in [0.2, 0.25) is 0 Å². The lowest BCUT2D eigenvalue weighted by Crippen LogP contribution is -2.45. The molecule has 0 radical (unpaired) electrons. The number of amides is 1. The lowest BCUT2D eigenvalue weighted by molar-refractivity contribution is -0.140. The van der Waals surface area contributed by atoms with Crippen LogP contribution in [-0.4, -0.2) is 28.6 Å². The summed E-state index contributed by atoms with van der Waals surface area (Å²) in [7, 11) is 0. The molecule has 5 nitrogen and oxygen atoms in total. The number of carbonyl (C=O) groups excluding carboxylic acids is 1. The van der Waals surface area contributed by atoms with E-state index in [-0.39, 0.29) is 22.9 Å². The predicted octanol–water partition coefficient (Wildman–Crippen LogP) is 4.58. The van der Waals surface area contributed by atoms with E-state index in [1.165, 1.54) is 11.3 Å². The van der Waals surface area contributed by atoms with Crippen molar-refractivity contribution >= 4 is 62.2 Å². The number of halogens is 1. The van der Waals surface area contributed by atoms with Gasteiger partial charge in [-0.15, -0.1) is 11.3 Å². The number of hydrogen-bond donors (Lipinski definition) is 3. The van der Waals surface area contributed by atoms with E-state index in [9.17, 15) is 14.7 Å². The van der Waals surface area contributed by atoms with E-state index in [1.54, 1.807) is 0 Å². The van der Waals surface area contributed by atoms with Crippen LogP contribution in [0.3, 0.4) is 0 Å². The highest BCUT2D eigenvalue weighted by Crippen LogP contribution is 2.39. The van der Waals surface area contributed by atoms with Crippen LogP contribution in [0, 0.1) is 5.41 Å². The summed E-state index contributed by atoms with van der Waals surface area (Å²) < 4.78 is 0.939. The summed E-state index contributed by atoms with van der Waals surface area (Å²) >= 11 is 12.9. The number of carboxylic acids is 1. The van der Waals surface area contributed by atoms with Gasteiger partial charge in [-0.05, 0) is 36.5 Å². The van der Waals surface area contributed by atoms with E-state index < -0.39 is 5.97 Å². The Kier molecular flexibility index (Phi) is 6.34. The van der Waals surface area contributed by atoms with Gasteiger partial charge in [0.25, 0.3) is 5.91 Å². The van der Waals surface area contributed by atoms with Crippen LogP contribution in [0.4, 0.5) is 0 Å². The number of rotatable bonds is 5. The maximum absolute atomic E-state index is 12.5. The van der Waals surface area contributed by atoms with E-state index in [0.29, 0.717) is 16.4 Å². The van der Waals surface area contributed by atoms with E-state index in [1.807, 2.05) is 24.3 Å². The van der Waals surface area contributed by atoms with Gasteiger partial charge in [-0.2, -0.15) is 0 Å². The second kappa shape index (κ2) is 8.54. The summed E-state index contributed by atoms with van der Waals surface area (Å²) in [5.41, 5.74) is -0.311. The fourth-order valence-corrected chi connectivity index (χ4v) is 5.25. The molecular weight excluding hydrogens is 404 g/mol. The molecule has 144 valence electrons. The molecule has 1 fully saturated rings. The van der Waals surface area contributed by atoms with Crippen LogP contribution in [0.5, 0.6) is 0 Å². The van der Waals surface area contributed by atoms with Gasteiger partial charge in [0.15, 0.2) is 5.11 Å². The molecule has 1 heterocycles. The van der Waals surface area contributed by atoms with Crippen molar-refractivity contribution in [1.29, 1.82) is 0 Å². The summed E-state index contributed by atoms with van der Waals surface area (Å²) in [6.45, 7) is 0.443. The molecule has 0 unspecified atom stereocenters. The fourth-order valence-electron chi connectivity index (χ4n) is 3.67. The lowest BCUT2D eigenvalue weighted by atomic mass is 9.72. The molecule has 27 heavy (non-hydrogen) atoms. The molecule has 0 atom stereocenters. The molecule has 0 bridgehead atoms. The van der Waals surface area contributed by atoms with Crippen molar-refractivity contribution in [3.05, 3.63) is 34.2 Å². The van der Waals surface area contributed by atoms with Crippen LogP contribution in [0.1, 0.15) is 48.2 Å². The number of nitrogens with one attached hydrogen (secondary N) is 2. The third kappa shape index (κ3) is 4.78. The number of aliphatic carboxylic acids is 1. The predicted molar refractivity (Wildman–Crippen MR) is 113 cm³/mol. The Labute approximate surface area is 172 Å². The Bertz CT molecular complexity index is 875. The van der Waals surface area contributed by atoms with Crippen molar-refractivity contribution in [3.8, 4) is 0 Å². The molecule has 1 amide bonds. The zero-order valence-electron chi connectivity index (χ0n) is 14.7. The zero-order chi connectivity index (χ0) is 19.4. The van der Waals surface area contributed by atoms with Crippen molar-refractivity contribution in [3.63, 3.8) is 0 Å². The second-order valence-electron chi connectivity index (χ2n) is 7.01. The first-order valence-electron chi connectivity index (χ1n) is 8.88. The van der Waals surface area contributed by atoms with Gasteiger partial charge >= 0.3 is 5.97 Å². The largest absolute Gasteiger partial charge is 0.481 e. The quantitative estimate of drug-likeness (QED) is 0.612. The van der Waals surface area contributed by atoms with Crippen molar-refractivity contribution in [2.45, 2.75) is 38.5 Å². The monoisotopic (exact) mass is 424 g/mol. The first-order chi connectivity index (χ1) is 12.9. The Morgan fingerprint density at radius 3 is 2.59 bits per heavy atom. The fraction of sp³-hybridized carbons (Fsp3) is 0.421. The number of hydrogen-bond acceptors (Lipinski definition) is 4.